The summed E-state index contributed by atoms with van der Waals surface area (Å²) in [6, 6.07) is 23.4. The van der Waals surface area contributed by atoms with E-state index in [9.17, 15) is 0 Å². The van der Waals surface area contributed by atoms with Crippen molar-refractivity contribution in [2.75, 3.05) is 7.11 Å². The van der Waals surface area contributed by atoms with Crippen LogP contribution in [0.5, 0.6) is 5.75 Å². The first kappa shape index (κ1) is 16.7. The number of fused-ring (bicyclic) bond motifs is 3. The van der Waals surface area contributed by atoms with Gasteiger partial charge in [0.05, 0.1) is 18.1 Å². The van der Waals surface area contributed by atoms with E-state index in [1.807, 2.05) is 77.2 Å². The summed E-state index contributed by atoms with van der Waals surface area (Å²) in [5.74, 6) is 1.52. The number of benzene rings is 3. The third-order valence-corrected chi connectivity index (χ3v) is 4.92. The molecule has 5 nitrogen and oxygen atoms in total. The van der Waals surface area contributed by atoms with Crippen molar-refractivity contribution in [3.8, 4) is 28.4 Å². The van der Waals surface area contributed by atoms with E-state index in [2.05, 4.69) is 10.2 Å². The Labute approximate surface area is 166 Å². The van der Waals surface area contributed by atoms with Crippen LogP contribution in [-0.2, 0) is 0 Å². The van der Waals surface area contributed by atoms with Crippen LogP contribution >= 0.6 is 11.6 Å². The van der Waals surface area contributed by atoms with E-state index >= 15 is 0 Å². The quantitative estimate of drug-likeness (QED) is 0.423. The molecule has 136 valence electrons. The average molecular weight is 387 g/mol. The standard InChI is InChI=1S/C22H15ClN4O/c1-28-17-10-7-15(8-11-17)21-25-26-22-20(14-5-3-2-4-6-14)24-18-12-9-16(23)13-19(18)27(21)22/h2-13H,1H3. The minimum atomic E-state index is 0.637. The summed E-state index contributed by atoms with van der Waals surface area (Å²) in [6.45, 7) is 0. The number of aromatic nitrogens is 4. The van der Waals surface area contributed by atoms with Gasteiger partial charge in [0.2, 0.25) is 0 Å². The van der Waals surface area contributed by atoms with Crippen molar-refractivity contribution in [2.24, 2.45) is 0 Å². The molecule has 5 aromatic rings. The van der Waals surface area contributed by atoms with Gasteiger partial charge in [0.1, 0.15) is 11.4 Å². The van der Waals surface area contributed by atoms with E-state index in [0.717, 1.165) is 39.4 Å². The highest BCUT2D eigenvalue weighted by Crippen LogP contribution is 2.31. The number of hydrogen-bond acceptors (Lipinski definition) is 4. The summed E-state index contributed by atoms with van der Waals surface area (Å²) in [4.78, 5) is 4.85. The Morgan fingerprint density at radius 2 is 1.64 bits per heavy atom. The SMILES string of the molecule is COc1ccc(-c2nnc3c(-c4ccccc4)nc4ccc(Cl)cc4n23)cc1. The van der Waals surface area contributed by atoms with E-state index in [1.54, 1.807) is 7.11 Å². The summed E-state index contributed by atoms with van der Waals surface area (Å²) >= 11 is 6.28. The number of ether oxygens (including phenoxy) is 1. The molecular weight excluding hydrogens is 372 g/mol. The Hall–Kier alpha value is -3.44. The number of halogens is 1. The van der Waals surface area contributed by atoms with Gasteiger partial charge in [-0.1, -0.05) is 41.9 Å². The highest BCUT2D eigenvalue weighted by Gasteiger charge is 2.17. The maximum Gasteiger partial charge on any atom is 0.188 e. The minimum absolute atomic E-state index is 0.637. The van der Waals surface area contributed by atoms with Crippen molar-refractivity contribution in [1.29, 1.82) is 0 Å². The molecule has 0 radical (unpaired) electrons. The molecule has 0 amide bonds. The van der Waals surface area contributed by atoms with E-state index in [-0.39, 0.29) is 0 Å². The Kier molecular flexibility index (Phi) is 3.95. The van der Waals surface area contributed by atoms with E-state index in [4.69, 9.17) is 21.3 Å². The molecule has 2 aromatic heterocycles. The maximum absolute atomic E-state index is 6.28. The number of nitrogens with zero attached hydrogens (tertiary/aromatic N) is 4. The van der Waals surface area contributed by atoms with Gasteiger partial charge in [-0.25, -0.2) is 4.98 Å². The summed E-state index contributed by atoms with van der Waals surface area (Å²) in [6.07, 6.45) is 0. The average Bonchev–Trinajstić information content (AvgIpc) is 3.19. The van der Waals surface area contributed by atoms with E-state index in [0.29, 0.717) is 10.7 Å². The zero-order valence-electron chi connectivity index (χ0n) is 15.0. The first-order valence-corrected chi connectivity index (χ1v) is 9.16. The number of hydrogen-bond donors (Lipinski definition) is 0. The monoisotopic (exact) mass is 386 g/mol. The second kappa shape index (κ2) is 6.62. The Bertz CT molecular complexity index is 1300. The largest absolute Gasteiger partial charge is 0.497 e. The van der Waals surface area contributed by atoms with Gasteiger partial charge in [-0.2, -0.15) is 0 Å². The summed E-state index contributed by atoms with van der Waals surface area (Å²) in [5.41, 5.74) is 5.07. The molecule has 2 heterocycles. The topological polar surface area (TPSA) is 52.3 Å². The van der Waals surface area contributed by atoms with Crippen LogP contribution in [0.25, 0.3) is 39.3 Å². The highest BCUT2D eigenvalue weighted by atomic mass is 35.5. The van der Waals surface area contributed by atoms with Crippen LogP contribution in [0.4, 0.5) is 0 Å². The van der Waals surface area contributed by atoms with Crippen LogP contribution in [0.1, 0.15) is 0 Å². The molecular formula is C22H15ClN4O. The number of methoxy groups -OCH3 is 1. The summed E-state index contributed by atoms with van der Waals surface area (Å²) in [7, 11) is 1.65. The fourth-order valence-corrected chi connectivity index (χ4v) is 3.49. The van der Waals surface area contributed by atoms with E-state index in [1.165, 1.54) is 0 Å². The molecule has 5 rings (SSSR count). The zero-order chi connectivity index (χ0) is 19.1. The first-order valence-electron chi connectivity index (χ1n) is 8.79. The van der Waals surface area contributed by atoms with Crippen LogP contribution < -0.4 is 4.74 Å². The lowest BCUT2D eigenvalue weighted by Gasteiger charge is -2.09. The zero-order valence-corrected chi connectivity index (χ0v) is 15.8. The number of rotatable bonds is 3. The molecule has 3 aromatic carbocycles. The van der Waals surface area contributed by atoms with Crippen LogP contribution in [0.3, 0.4) is 0 Å². The normalized spacial score (nSPS) is 11.2. The summed E-state index contributed by atoms with van der Waals surface area (Å²) in [5, 5.41) is 9.58. The van der Waals surface area contributed by atoms with Crippen molar-refractivity contribution in [3.05, 3.63) is 77.8 Å². The maximum atomic E-state index is 6.28. The molecule has 0 unspecified atom stereocenters. The van der Waals surface area contributed by atoms with Gasteiger partial charge in [0.25, 0.3) is 0 Å². The minimum Gasteiger partial charge on any atom is -0.497 e. The molecule has 6 heteroatoms. The van der Waals surface area contributed by atoms with Gasteiger partial charge in [-0.15, -0.1) is 10.2 Å². The van der Waals surface area contributed by atoms with Crippen molar-refractivity contribution in [1.82, 2.24) is 19.6 Å². The van der Waals surface area contributed by atoms with Crippen molar-refractivity contribution < 1.29 is 4.74 Å². The lowest BCUT2D eigenvalue weighted by Crippen LogP contribution is -1.98. The van der Waals surface area contributed by atoms with Crippen LogP contribution in [-0.4, -0.2) is 26.7 Å². The Balaban J connectivity index is 1.86. The van der Waals surface area contributed by atoms with Crippen LogP contribution in [0.2, 0.25) is 5.02 Å². The van der Waals surface area contributed by atoms with Gasteiger partial charge in [0, 0.05) is 16.1 Å². The predicted molar refractivity (Wildman–Crippen MR) is 111 cm³/mol. The lowest BCUT2D eigenvalue weighted by atomic mass is 10.1. The second-order valence-corrected chi connectivity index (χ2v) is 6.81. The van der Waals surface area contributed by atoms with Crippen molar-refractivity contribution in [2.45, 2.75) is 0 Å². The molecule has 0 aliphatic heterocycles. The van der Waals surface area contributed by atoms with Crippen molar-refractivity contribution >= 4 is 28.3 Å². The molecule has 0 fully saturated rings. The molecule has 0 aliphatic carbocycles. The fraction of sp³-hybridized carbons (Fsp3) is 0.0455. The Morgan fingerprint density at radius 1 is 0.857 bits per heavy atom. The van der Waals surface area contributed by atoms with E-state index < -0.39 is 0 Å². The molecule has 0 aliphatic rings. The molecule has 0 atom stereocenters. The van der Waals surface area contributed by atoms with Gasteiger partial charge in [0.15, 0.2) is 11.5 Å². The molecule has 0 saturated heterocycles. The first-order chi connectivity index (χ1) is 13.7. The third kappa shape index (κ3) is 2.68. The molecule has 0 bridgehead atoms. The van der Waals surface area contributed by atoms with Gasteiger partial charge >= 0.3 is 0 Å². The summed E-state index contributed by atoms with van der Waals surface area (Å²) < 4.78 is 7.28. The third-order valence-electron chi connectivity index (χ3n) is 4.68. The van der Waals surface area contributed by atoms with Crippen molar-refractivity contribution in [3.63, 3.8) is 0 Å². The molecule has 0 saturated carbocycles. The van der Waals surface area contributed by atoms with Gasteiger partial charge in [-0.05, 0) is 42.5 Å². The van der Waals surface area contributed by atoms with Gasteiger partial charge < -0.3 is 4.74 Å². The van der Waals surface area contributed by atoms with Crippen LogP contribution in [0, 0.1) is 0 Å². The highest BCUT2D eigenvalue weighted by molar-refractivity contribution is 6.31. The smallest absolute Gasteiger partial charge is 0.188 e. The van der Waals surface area contributed by atoms with Crippen LogP contribution in [0.15, 0.2) is 72.8 Å². The molecule has 28 heavy (non-hydrogen) atoms. The molecule has 0 spiro atoms. The molecule has 0 N–H and O–H groups in total. The fourth-order valence-electron chi connectivity index (χ4n) is 3.32. The predicted octanol–water partition coefficient (Wildman–Crippen LogP) is 5.27. The Morgan fingerprint density at radius 3 is 2.39 bits per heavy atom. The van der Waals surface area contributed by atoms with Gasteiger partial charge in [-0.3, -0.25) is 4.40 Å². The lowest BCUT2D eigenvalue weighted by molar-refractivity contribution is 0.415. The second-order valence-electron chi connectivity index (χ2n) is 6.37.